The molecule has 0 aromatic heterocycles. The first-order chi connectivity index (χ1) is 10.5. The van der Waals surface area contributed by atoms with Crippen molar-refractivity contribution < 1.29 is 19.1 Å². The van der Waals surface area contributed by atoms with Crippen LogP contribution in [0.15, 0.2) is 23.3 Å². The van der Waals surface area contributed by atoms with E-state index in [1.54, 1.807) is 25.3 Å². The Balaban J connectivity index is 2.58. The Morgan fingerprint density at radius 3 is 2.55 bits per heavy atom. The monoisotopic (exact) mass is 307 g/mol. The Kier molecular flexibility index (Phi) is 6.88. The minimum absolute atomic E-state index is 0.00707. The van der Waals surface area contributed by atoms with Crippen molar-refractivity contribution in [1.82, 2.24) is 10.7 Å². The number of amides is 2. The lowest BCUT2D eigenvalue weighted by Gasteiger charge is -2.08. The number of benzene rings is 1. The van der Waals surface area contributed by atoms with Gasteiger partial charge in [0.2, 0.25) is 11.8 Å². The maximum Gasteiger partial charge on any atom is 0.249 e. The van der Waals surface area contributed by atoms with Crippen LogP contribution in [-0.4, -0.2) is 38.3 Å². The molecule has 2 amide bonds. The molecule has 120 valence electrons. The number of carbonyl (C=O) groups is 2. The standard InChI is InChI=1S/C15H21N3O4/c1-10(2)17-14(19)8-15(20)18-16-9-11-5-6-12(21-3)7-13(11)22-4/h5-7,9-10H,8H2,1-4H3,(H,17,19)(H,18,20)/b16-9-. The molecular weight excluding hydrogens is 286 g/mol. The number of methoxy groups -OCH3 is 2. The van der Waals surface area contributed by atoms with E-state index in [4.69, 9.17) is 9.47 Å². The second-order valence-corrected chi connectivity index (χ2v) is 4.80. The van der Waals surface area contributed by atoms with E-state index in [0.29, 0.717) is 17.1 Å². The molecule has 0 heterocycles. The van der Waals surface area contributed by atoms with Crippen molar-refractivity contribution in [3.8, 4) is 11.5 Å². The third-order valence-corrected chi connectivity index (χ3v) is 2.60. The number of hydrogen-bond acceptors (Lipinski definition) is 5. The predicted octanol–water partition coefficient (Wildman–Crippen LogP) is 1.07. The number of rotatable bonds is 7. The molecule has 0 saturated carbocycles. The molecular formula is C15H21N3O4. The van der Waals surface area contributed by atoms with Gasteiger partial charge in [0, 0.05) is 17.7 Å². The summed E-state index contributed by atoms with van der Waals surface area (Å²) in [4.78, 5) is 23.0. The molecule has 0 saturated heterocycles. The van der Waals surface area contributed by atoms with Gasteiger partial charge in [-0.05, 0) is 26.0 Å². The molecule has 1 rings (SSSR count). The number of carbonyl (C=O) groups excluding carboxylic acids is 2. The second-order valence-electron chi connectivity index (χ2n) is 4.80. The van der Waals surface area contributed by atoms with Crippen LogP contribution < -0.4 is 20.2 Å². The Morgan fingerprint density at radius 1 is 1.23 bits per heavy atom. The van der Waals surface area contributed by atoms with E-state index in [-0.39, 0.29) is 18.4 Å². The molecule has 22 heavy (non-hydrogen) atoms. The molecule has 0 unspecified atom stereocenters. The molecule has 0 spiro atoms. The van der Waals surface area contributed by atoms with Crippen LogP contribution in [0.5, 0.6) is 11.5 Å². The highest BCUT2D eigenvalue weighted by molar-refractivity contribution is 5.97. The summed E-state index contributed by atoms with van der Waals surface area (Å²) >= 11 is 0. The normalized spacial score (nSPS) is 10.6. The zero-order valence-electron chi connectivity index (χ0n) is 13.2. The van der Waals surface area contributed by atoms with Crippen LogP contribution in [0.1, 0.15) is 25.8 Å². The van der Waals surface area contributed by atoms with E-state index in [1.165, 1.54) is 13.3 Å². The zero-order valence-corrected chi connectivity index (χ0v) is 13.2. The fourth-order valence-electron chi connectivity index (χ4n) is 1.66. The van der Waals surface area contributed by atoms with Crippen LogP contribution in [0.25, 0.3) is 0 Å². The van der Waals surface area contributed by atoms with Crippen LogP contribution in [-0.2, 0) is 9.59 Å². The summed E-state index contributed by atoms with van der Waals surface area (Å²) in [6.45, 7) is 3.65. The average molecular weight is 307 g/mol. The molecule has 0 aliphatic heterocycles. The molecule has 0 aliphatic carbocycles. The summed E-state index contributed by atoms with van der Waals surface area (Å²) in [6.07, 6.45) is 1.17. The van der Waals surface area contributed by atoms with Gasteiger partial charge in [-0.3, -0.25) is 9.59 Å². The summed E-state index contributed by atoms with van der Waals surface area (Å²) in [6, 6.07) is 5.20. The Bertz CT molecular complexity index is 556. The van der Waals surface area contributed by atoms with E-state index in [0.717, 1.165) is 0 Å². The van der Waals surface area contributed by atoms with Crippen molar-refractivity contribution in [3.63, 3.8) is 0 Å². The summed E-state index contributed by atoms with van der Waals surface area (Å²) in [5.41, 5.74) is 2.97. The Labute approximate surface area is 129 Å². The summed E-state index contributed by atoms with van der Waals surface area (Å²) in [7, 11) is 3.09. The van der Waals surface area contributed by atoms with Crippen LogP contribution in [0.4, 0.5) is 0 Å². The summed E-state index contributed by atoms with van der Waals surface area (Å²) < 4.78 is 10.3. The highest BCUT2D eigenvalue weighted by atomic mass is 16.5. The topological polar surface area (TPSA) is 89.0 Å². The second kappa shape index (κ2) is 8.66. The summed E-state index contributed by atoms with van der Waals surface area (Å²) in [5.74, 6) is 0.393. The van der Waals surface area contributed by atoms with Crippen molar-refractivity contribution in [2.75, 3.05) is 14.2 Å². The molecule has 1 aromatic rings. The lowest BCUT2D eigenvalue weighted by atomic mass is 10.2. The third kappa shape index (κ3) is 5.82. The smallest absolute Gasteiger partial charge is 0.249 e. The fraction of sp³-hybridized carbons (Fsp3) is 0.400. The van der Waals surface area contributed by atoms with Gasteiger partial charge >= 0.3 is 0 Å². The van der Waals surface area contributed by atoms with Crippen molar-refractivity contribution in [3.05, 3.63) is 23.8 Å². The molecule has 0 radical (unpaired) electrons. The first-order valence-corrected chi connectivity index (χ1v) is 6.79. The van der Waals surface area contributed by atoms with Crippen LogP contribution in [0.2, 0.25) is 0 Å². The molecule has 1 aromatic carbocycles. The van der Waals surface area contributed by atoms with Gasteiger partial charge in [-0.1, -0.05) is 0 Å². The van der Waals surface area contributed by atoms with Gasteiger partial charge in [-0.15, -0.1) is 0 Å². The molecule has 2 N–H and O–H groups in total. The minimum atomic E-state index is -0.484. The fourth-order valence-corrected chi connectivity index (χ4v) is 1.66. The van der Waals surface area contributed by atoms with E-state index >= 15 is 0 Å². The van der Waals surface area contributed by atoms with E-state index in [2.05, 4.69) is 15.8 Å². The van der Waals surface area contributed by atoms with Crippen molar-refractivity contribution in [2.45, 2.75) is 26.3 Å². The predicted molar refractivity (Wildman–Crippen MR) is 83.2 cm³/mol. The third-order valence-electron chi connectivity index (χ3n) is 2.60. The van der Waals surface area contributed by atoms with Gasteiger partial charge in [0.05, 0.1) is 20.4 Å². The van der Waals surface area contributed by atoms with Crippen LogP contribution in [0, 0.1) is 0 Å². The Hall–Kier alpha value is -2.57. The van der Waals surface area contributed by atoms with Crippen molar-refractivity contribution in [2.24, 2.45) is 5.10 Å². The largest absolute Gasteiger partial charge is 0.497 e. The van der Waals surface area contributed by atoms with E-state index in [1.807, 2.05) is 13.8 Å². The van der Waals surface area contributed by atoms with Crippen LogP contribution in [0.3, 0.4) is 0 Å². The molecule has 7 heteroatoms. The average Bonchev–Trinajstić information content (AvgIpc) is 2.46. The SMILES string of the molecule is COc1ccc(/C=N\NC(=O)CC(=O)NC(C)C)c(OC)c1. The number of ether oxygens (including phenoxy) is 2. The first kappa shape index (κ1) is 17.5. The number of hydrazone groups is 1. The number of nitrogens with zero attached hydrogens (tertiary/aromatic N) is 1. The summed E-state index contributed by atoms with van der Waals surface area (Å²) in [5, 5.41) is 6.44. The maximum absolute atomic E-state index is 11.5. The lowest BCUT2D eigenvalue weighted by molar-refractivity contribution is -0.129. The van der Waals surface area contributed by atoms with Gasteiger partial charge in [0.25, 0.3) is 0 Å². The molecule has 7 nitrogen and oxygen atoms in total. The molecule has 0 aliphatic rings. The number of hydrogen-bond donors (Lipinski definition) is 2. The quantitative estimate of drug-likeness (QED) is 0.448. The minimum Gasteiger partial charge on any atom is -0.497 e. The zero-order chi connectivity index (χ0) is 16.5. The van der Waals surface area contributed by atoms with Gasteiger partial charge in [-0.25, -0.2) is 5.43 Å². The van der Waals surface area contributed by atoms with Gasteiger partial charge < -0.3 is 14.8 Å². The van der Waals surface area contributed by atoms with Gasteiger partial charge in [0.1, 0.15) is 17.9 Å². The highest BCUT2D eigenvalue weighted by Crippen LogP contribution is 2.22. The molecule has 0 atom stereocenters. The van der Waals surface area contributed by atoms with Gasteiger partial charge in [0.15, 0.2) is 0 Å². The van der Waals surface area contributed by atoms with Gasteiger partial charge in [-0.2, -0.15) is 5.10 Å². The maximum atomic E-state index is 11.5. The lowest BCUT2D eigenvalue weighted by Crippen LogP contribution is -2.34. The van der Waals surface area contributed by atoms with Crippen molar-refractivity contribution in [1.29, 1.82) is 0 Å². The molecule has 0 fully saturated rings. The first-order valence-electron chi connectivity index (χ1n) is 6.79. The Morgan fingerprint density at radius 2 is 1.95 bits per heavy atom. The van der Waals surface area contributed by atoms with Crippen LogP contribution >= 0.6 is 0 Å². The highest BCUT2D eigenvalue weighted by Gasteiger charge is 2.09. The van der Waals surface area contributed by atoms with E-state index in [9.17, 15) is 9.59 Å². The van der Waals surface area contributed by atoms with E-state index < -0.39 is 5.91 Å². The number of nitrogens with one attached hydrogen (secondary N) is 2. The molecule has 0 bridgehead atoms. The van der Waals surface area contributed by atoms with Crippen molar-refractivity contribution >= 4 is 18.0 Å².